The summed E-state index contributed by atoms with van der Waals surface area (Å²) in [5, 5.41) is 16.8. The van der Waals surface area contributed by atoms with Crippen molar-refractivity contribution in [2.24, 2.45) is 0 Å². The van der Waals surface area contributed by atoms with Crippen LogP contribution in [0.1, 0.15) is 33.6 Å². The Bertz CT molecular complexity index is 1000. The van der Waals surface area contributed by atoms with Crippen LogP contribution < -0.4 is 0 Å². The highest BCUT2D eigenvalue weighted by molar-refractivity contribution is 9.11. The first-order valence-corrected chi connectivity index (χ1v) is 11.3. The molecule has 2 N–H and O–H groups in total. The van der Waals surface area contributed by atoms with E-state index in [9.17, 15) is 19.2 Å². The molecule has 0 unspecified atom stereocenters. The molecule has 0 saturated heterocycles. The SMILES string of the molecule is O=C(O)/C=C/C(=O)c1cc(Br)ccc1Br.O=C(O)CCC(=O)c1cc(Br)ccc1Br. The third-order valence-corrected chi connectivity index (χ3v) is 5.74. The van der Waals surface area contributed by atoms with E-state index in [1.807, 2.05) is 0 Å². The van der Waals surface area contributed by atoms with Crippen molar-refractivity contribution >= 4 is 87.2 Å². The van der Waals surface area contributed by atoms with Crippen LogP contribution >= 0.6 is 63.7 Å². The van der Waals surface area contributed by atoms with Crippen LogP contribution in [0, 0.1) is 0 Å². The molecule has 30 heavy (non-hydrogen) atoms. The molecular weight excluding hydrogens is 656 g/mol. The van der Waals surface area contributed by atoms with Gasteiger partial charge in [-0.1, -0.05) is 63.7 Å². The number of ketones is 2. The summed E-state index contributed by atoms with van der Waals surface area (Å²) < 4.78 is 2.87. The fraction of sp³-hybridized carbons (Fsp3) is 0.100. The highest BCUT2D eigenvalue weighted by Gasteiger charge is 2.12. The zero-order chi connectivity index (χ0) is 22.8. The lowest BCUT2D eigenvalue weighted by atomic mass is 10.1. The minimum atomic E-state index is -1.14. The van der Waals surface area contributed by atoms with Crippen LogP contribution in [0.3, 0.4) is 0 Å². The third kappa shape index (κ3) is 9.46. The van der Waals surface area contributed by atoms with Crippen molar-refractivity contribution in [2.75, 3.05) is 0 Å². The minimum Gasteiger partial charge on any atom is -0.481 e. The molecule has 0 aliphatic carbocycles. The van der Waals surface area contributed by atoms with Gasteiger partial charge >= 0.3 is 11.9 Å². The number of rotatable bonds is 7. The van der Waals surface area contributed by atoms with E-state index in [-0.39, 0.29) is 24.4 Å². The van der Waals surface area contributed by atoms with Gasteiger partial charge in [0, 0.05) is 41.5 Å². The second-order valence-electron chi connectivity index (χ2n) is 5.60. The molecule has 2 aromatic rings. The van der Waals surface area contributed by atoms with Gasteiger partial charge in [-0.3, -0.25) is 14.4 Å². The fourth-order valence-electron chi connectivity index (χ4n) is 1.99. The Hall–Kier alpha value is -1.62. The highest BCUT2D eigenvalue weighted by Crippen LogP contribution is 2.23. The fourth-order valence-corrected chi connectivity index (χ4v) is 3.62. The van der Waals surface area contributed by atoms with Crippen LogP contribution in [0.15, 0.2) is 66.4 Å². The maximum Gasteiger partial charge on any atom is 0.328 e. The third-order valence-electron chi connectivity index (χ3n) is 3.37. The summed E-state index contributed by atoms with van der Waals surface area (Å²) in [4.78, 5) is 43.7. The number of Topliss-reactive ketones (excluding diaryl/α,β-unsaturated/α-hetero) is 1. The van der Waals surface area contributed by atoms with Crippen molar-refractivity contribution in [1.29, 1.82) is 0 Å². The van der Waals surface area contributed by atoms with Gasteiger partial charge in [0.1, 0.15) is 0 Å². The van der Waals surface area contributed by atoms with Gasteiger partial charge in [-0.2, -0.15) is 0 Å². The molecule has 0 spiro atoms. The Kier molecular flexibility index (Phi) is 11.4. The first-order chi connectivity index (χ1) is 14.0. The van der Waals surface area contributed by atoms with Crippen LogP contribution in [-0.2, 0) is 9.59 Å². The van der Waals surface area contributed by atoms with Gasteiger partial charge in [0.25, 0.3) is 0 Å². The quantitative estimate of drug-likeness (QED) is 0.265. The van der Waals surface area contributed by atoms with Crippen LogP contribution in [0.4, 0.5) is 0 Å². The standard InChI is InChI=1S/C10H8Br2O3.C10H6Br2O3/c2*11-6-1-2-8(12)7(5-6)9(13)3-4-10(14)15/h1-2,5H,3-4H2,(H,14,15);1-5H,(H,14,15)/b;4-3+. The summed E-state index contributed by atoms with van der Waals surface area (Å²) in [6.07, 6.45) is 1.71. The second-order valence-corrected chi connectivity index (χ2v) is 9.14. The smallest absolute Gasteiger partial charge is 0.328 e. The van der Waals surface area contributed by atoms with Gasteiger partial charge in [-0.15, -0.1) is 0 Å². The van der Waals surface area contributed by atoms with Gasteiger partial charge in [0.2, 0.25) is 0 Å². The molecule has 0 aromatic heterocycles. The maximum atomic E-state index is 11.6. The normalized spacial score (nSPS) is 10.3. The lowest BCUT2D eigenvalue weighted by molar-refractivity contribution is -0.137. The second kappa shape index (κ2) is 12.9. The van der Waals surface area contributed by atoms with Crippen molar-refractivity contribution in [3.63, 3.8) is 0 Å². The molecule has 0 radical (unpaired) electrons. The Morgan fingerprint density at radius 1 is 0.733 bits per heavy atom. The molecule has 0 bridgehead atoms. The van der Waals surface area contributed by atoms with Gasteiger partial charge in [-0.25, -0.2) is 4.79 Å². The molecule has 0 saturated carbocycles. The lowest BCUT2D eigenvalue weighted by Gasteiger charge is -2.03. The van der Waals surface area contributed by atoms with Crippen LogP contribution in [-0.4, -0.2) is 33.7 Å². The van der Waals surface area contributed by atoms with E-state index in [4.69, 9.17) is 10.2 Å². The molecule has 0 atom stereocenters. The highest BCUT2D eigenvalue weighted by atomic mass is 79.9. The summed E-state index contributed by atoms with van der Waals surface area (Å²) in [6.45, 7) is 0. The van der Waals surface area contributed by atoms with E-state index < -0.39 is 11.9 Å². The van der Waals surface area contributed by atoms with E-state index in [1.165, 1.54) is 0 Å². The molecule has 0 aliphatic heterocycles. The zero-order valence-corrected chi connectivity index (χ0v) is 21.4. The monoisotopic (exact) mass is 666 g/mol. The Morgan fingerprint density at radius 3 is 1.73 bits per heavy atom. The first kappa shape index (κ1) is 26.4. The van der Waals surface area contributed by atoms with E-state index >= 15 is 0 Å². The Balaban J connectivity index is 0.000000300. The van der Waals surface area contributed by atoms with Crippen molar-refractivity contribution in [3.05, 3.63) is 77.6 Å². The predicted octanol–water partition coefficient (Wildman–Crippen LogP) is 6.29. The molecular formula is C20H14Br4O6. The summed E-state index contributed by atoms with van der Waals surface area (Å²) >= 11 is 13.0. The van der Waals surface area contributed by atoms with Crippen LogP contribution in [0.2, 0.25) is 0 Å². The van der Waals surface area contributed by atoms with Gasteiger partial charge < -0.3 is 10.2 Å². The number of hydrogen-bond acceptors (Lipinski definition) is 4. The minimum absolute atomic E-state index is 0.0182. The molecule has 0 amide bonds. The topological polar surface area (TPSA) is 109 Å². The van der Waals surface area contributed by atoms with Crippen LogP contribution in [0.5, 0.6) is 0 Å². The van der Waals surface area contributed by atoms with Gasteiger partial charge in [-0.05, 0) is 42.5 Å². The zero-order valence-electron chi connectivity index (χ0n) is 15.1. The first-order valence-electron chi connectivity index (χ1n) is 8.11. The van der Waals surface area contributed by atoms with Crippen molar-refractivity contribution in [2.45, 2.75) is 12.8 Å². The number of carboxylic acids is 2. The largest absolute Gasteiger partial charge is 0.481 e. The molecule has 2 rings (SSSR count). The molecule has 0 heterocycles. The molecule has 158 valence electrons. The number of benzene rings is 2. The molecule has 2 aromatic carbocycles. The number of halogens is 4. The summed E-state index contributed by atoms with van der Waals surface area (Å²) in [5.41, 5.74) is 0.924. The Morgan fingerprint density at radius 2 is 1.23 bits per heavy atom. The maximum absolute atomic E-state index is 11.6. The number of aliphatic carboxylic acids is 2. The summed E-state index contributed by atoms with van der Waals surface area (Å²) in [6, 6.07) is 10.3. The number of carboxylic acid groups (broad SMARTS) is 2. The predicted molar refractivity (Wildman–Crippen MR) is 126 cm³/mol. The number of carbonyl (C=O) groups is 4. The van der Waals surface area contributed by atoms with Gasteiger partial charge in [0.05, 0.1) is 6.42 Å². The molecule has 10 heteroatoms. The number of carbonyl (C=O) groups excluding carboxylic acids is 2. The van der Waals surface area contributed by atoms with E-state index in [0.29, 0.717) is 20.1 Å². The van der Waals surface area contributed by atoms with E-state index in [0.717, 1.165) is 21.1 Å². The average molecular weight is 670 g/mol. The van der Waals surface area contributed by atoms with E-state index in [2.05, 4.69) is 63.7 Å². The molecule has 0 aliphatic rings. The molecule has 0 fully saturated rings. The number of hydrogen-bond donors (Lipinski definition) is 2. The number of allylic oxidation sites excluding steroid dienone is 1. The molecule has 6 nitrogen and oxygen atoms in total. The van der Waals surface area contributed by atoms with E-state index in [1.54, 1.807) is 36.4 Å². The van der Waals surface area contributed by atoms with Crippen molar-refractivity contribution in [3.8, 4) is 0 Å². The average Bonchev–Trinajstić information content (AvgIpc) is 2.68. The summed E-state index contributed by atoms with van der Waals surface area (Å²) in [5.74, 6) is -2.64. The van der Waals surface area contributed by atoms with Crippen molar-refractivity contribution in [1.82, 2.24) is 0 Å². The summed E-state index contributed by atoms with van der Waals surface area (Å²) in [7, 11) is 0. The lowest BCUT2D eigenvalue weighted by Crippen LogP contribution is -2.04. The van der Waals surface area contributed by atoms with Gasteiger partial charge in [0.15, 0.2) is 11.6 Å². The van der Waals surface area contributed by atoms with Crippen molar-refractivity contribution < 1.29 is 29.4 Å². The van der Waals surface area contributed by atoms with Crippen LogP contribution in [0.25, 0.3) is 0 Å². The Labute approximate surface area is 205 Å².